The first kappa shape index (κ1) is 22.5. The van der Waals surface area contributed by atoms with Gasteiger partial charge in [0.2, 0.25) is 0 Å². The zero-order valence-electron chi connectivity index (χ0n) is 18.7. The fraction of sp³-hybridized carbons (Fsp3) is 0.417. The Morgan fingerprint density at radius 3 is 2.59 bits per heavy atom. The van der Waals surface area contributed by atoms with E-state index in [1.165, 1.54) is 20.1 Å². The van der Waals surface area contributed by atoms with Crippen molar-refractivity contribution in [3.8, 4) is 22.8 Å². The minimum atomic E-state index is -3.11. The number of carboxylic acid groups (broad SMARTS) is 1. The Bertz CT molecular complexity index is 1260. The molecule has 0 saturated heterocycles. The molecule has 5 rings (SSSR count). The number of aliphatic hydroxyl groups is 1. The van der Waals surface area contributed by atoms with Gasteiger partial charge in [0, 0.05) is 17.8 Å². The highest BCUT2D eigenvalue weighted by Crippen LogP contribution is 2.49. The molecule has 1 atom stereocenters. The van der Waals surface area contributed by atoms with Crippen molar-refractivity contribution in [2.24, 2.45) is 0 Å². The average molecular weight is 473 g/mol. The summed E-state index contributed by atoms with van der Waals surface area (Å²) >= 11 is 0. The number of carbonyl (C=O) groups is 1. The molecule has 2 aromatic heterocycles. The smallest absolute Gasteiger partial charge is 0.387 e. The predicted octanol–water partition coefficient (Wildman–Crippen LogP) is 3.64. The summed E-state index contributed by atoms with van der Waals surface area (Å²) < 4.78 is 38.7. The van der Waals surface area contributed by atoms with Gasteiger partial charge in [-0.3, -0.25) is 14.5 Å². The zero-order chi connectivity index (χ0) is 24.3. The van der Waals surface area contributed by atoms with Crippen molar-refractivity contribution in [2.75, 3.05) is 7.11 Å². The minimum absolute atomic E-state index is 0.0826. The highest BCUT2D eigenvalue weighted by Gasteiger charge is 2.51. The number of fused-ring (bicyclic) bond motifs is 1. The highest BCUT2D eigenvalue weighted by atomic mass is 19.3. The van der Waals surface area contributed by atoms with E-state index >= 15 is 0 Å². The van der Waals surface area contributed by atoms with Crippen LogP contribution in [-0.2, 0) is 15.9 Å². The summed E-state index contributed by atoms with van der Waals surface area (Å²) in [5.74, 6) is -0.887. The van der Waals surface area contributed by atoms with Gasteiger partial charge in [-0.1, -0.05) is 0 Å². The van der Waals surface area contributed by atoms with E-state index in [2.05, 4.69) is 10.3 Å². The molecular weight excluding hydrogens is 448 g/mol. The van der Waals surface area contributed by atoms with E-state index in [0.717, 1.165) is 12.8 Å². The van der Waals surface area contributed by atoms with E-state index in [9.17, 15) is 23.8 Å². The van der Waals surface area contributed by atoms with Gasteiger partial charge in [-0.05, 0) is 62.4 Å². The Kier molecular flexibility index (Phi) is 5.25. The van der Waals surface area contributed by atoms with Gasteiger partial charge < -0.3 is 19.7 Å². The maximum absolute atomic E-state index is 13.3. The van der Waals surface area contributed by atoms with Crippen LogP contribution < -0.4 is 14.8 Å². The largest absolute Gasteiger partial charge is 0.496 e. The van der Waals surface area contributed by atoms with Crippen molar-refractivity contribution >= 4 is 11.6 Å². The molecule has 2 fully saturated rings. The molecule has 34 heavy (non-hydrogen) atoms. The van der Waals surface area contributed by atoms with Crippen LogP contribution in [0.5, 0.6) is 11.5 Å². The maximum Gasteiger partial charge on any atom is 0.387 e. The first-order valence-corrected chi connectivity index (χ1v) is 11.0. The minimum Gasteiger partial charge on any atom is -0.496 e. The number of benzene rings is 1. The molecule has 8 nitrogen and oxygen atoms in total. The van der Waals surface area contributed by atoms with Gasteiger partial charge >= 0.3 is 12.6 Å². The van der Waals surface area contributed by atoms with Gasteiger partial charge in [-0.15, -0.1) is 0 Å². The Morgan fingerprint density at radius 1 is 1.29 bits per heavy atom. The summed E-state index contributed by atoms with van der Waals surface area (Å²) in [6.07, 6.45) is 6.21. The number of methoxy groups -OCH3 is 1. The summed E-state index contributed by atoms with van der Waals surface area (Å²) in [5, 5.41) is 23.7. The molecule has 0 amide bonds. The molecule has 2 heterocycles. The number of rotatable bonds is 9. The molecule has 1 aromatic carbocycles. The van der Waals surface area contributed by atoms with Crippen LogP contribution in [-0.4, -0.2) is 45.3 Å². The molecule has 3 N–H and O–H groups in total. The lowest BCUT2D eigenvalue weighted by atomic mass is 9.97. The Hall–Kier alpha value is -3.24. The molecule has 0 radical (unpaired) electrons. The maximum atomic E-state index is 13.3. The van der Waals surface area contributed by atoms with Gasteiger partial charge in [-0.2, -0.15) is 8.78 Å². The second-order valence-corrected chi connectivity index (χ2v) is 9.10. The van der Waals surface area contributed by atoms with E-state index in [-0.39, 0.29) is 23.1 Å². The number of nitrogens with zero attached hydrogens (tertiary/aromatic N) is 2. The summed E-state index contributed by atoms with van der Waals surface area (Å²) in [5.41, 5.74) is -0.169. The lowest BCUT2D eigenvalue weighted by Crippen LogP contribution is -2.41. The second kappa shape index (κ2) is 7.92. The quantitative estimate of drug-likeness (QED) is 0.408. The Labute approximate surface area is 194 Å². The first-order chi connectivity index (χ1) is 16.1. The third kappa shape index (κ3) is 3.86. The van der Waals surface area contributed by atoms with Gasteiger partial charge in [0.05, 0.1) is 30.0 Å². The first-order valence-electron chi connectivity index (χ1n) is 11.0. The van der Waals surface area contributed by atoms with Crippen LogP contribution in [0, 0.1) is 0 Å². The van der Waals surface area contributed by atoms with Crippen LogP contribution in [0.2, 0.25) is 0 Å². The van der Waals surface area contributed by atoms with Crippen molar-refractivity contribution in [2.45, 2.75) is 56.4 Å². The number of carboxylic acids is 1. The zero-order valence-corrected chi connectivity index (χ0v) is 18.7. The highest BCUT2D eigenvalue weighted by molar-refractivity contribution is 5.85. The van der Waals surface area contributed by atoms with Crippen molar-refractivity contribution in [1.29, 1.82) is 0 Å². The van der Waals surface area contributed by atoms with Crippen molar-refractivity contribution in [1.82, 2.24) is 14.7 Å². The fourth-order valence-corrected chi connectivity index (χ4v) is 4.51. The molecule has 3 aromatic rings. The van der Waals surface area contributed by atoms with Crippen LogP contribution in [0.4, 0.5) is 8.78 Å². The third-order valence-electron chi connectivity index (χ3n) is 6.57. The van der Waals surface area contributed by atoms with Crippen LogP contribution in [0.25, 0.3) is 16.9 Å². The summed E-state index contributed by atoms with van der Waals surface area (Å²) in [4.78, 5) is 16.1. The van der Waals surface area contributed by atoms with Gasteiger partial charge in [0.25, 0.3) is 0 Å². The number of aromatic nitrogens is 2. The molecule has 0 bridgehead atoms. The van der Waals surface area contributed by atoms with Crippen LogP contribution in [0.15, 0.2) is 36.7 Å². The number of aliphatic carboxylic acids is 1. The molecule has 2 aliphatic rings. The SMILES string of the molecule is COc1cc(-c2cnc3cc(C4(C(=O)O)CC4)ccn23)cc(OC(F)F)c1C(C)(O)NC1CC1. The number of nitrogens with one attached hydrogen (secondary N) is 1. The molecule has 1 unspecified atom stereocenters. The summed E-state index contributed by atoms with van der Waals surface area (Å²) in [6, 6.07) is 6.62. The van der Waals surface area contributed by atoms with E-state index in [1.54, 1.807) is 35.0 Å². The van der Waals surface area contributed by atoms with Gasteiger partial charge in [-0.25, -0.2) is 4.98 Å². The number of imidazole rings is 1. The third-order valence-corrected chi connectivity index (χ3v) is 6.57. The summed E-state index contributed by atoms with van der Waals surface area (Å²) in [7, 11) is 1.39. The lowest BCUT2D eigenvalue weighted by molar-refractivity contribution is -0.140. The number of ether oxygens (including phenoxy) is 2. The van der Waals surface area contributed by atoms with E-state index in [1.807, 2.05) is 0 Å². The molecule has 2 aliphatic carbocycles. The number of alkyl halides is 2. The van der Waals surface area contributed by atoms with Crippen LogP contribution in [0.1, 0.15) is 43.7 Å². The lowest BCUT2D eigenvalue weighted by Gasteiger charge is -2.29. The fourth-order valence-electron chi connectivity index (χ4n) is 4.51. The van der Waals surface area contributed by atoms with E-state index in [4.69, 9.17) is 9.47 Å². The normalized spacial score (nSPS) is 18.6. The van der Waals surface area contributed by atoms with Crippen molar-refractivity contribution in [3.63, 3.8) is 0 Å². The Morgan fingerprint density at radius 2 is 2.00 bits per heavy atom. The van der Waals surface area contributed by atoms with Gasteiger partial charge in [0.15, 0.2) is 0 Å². The Balaban J connectivity index is 1.60. The monoisotopic (exact) mass is 473 g/mol. The average Bonchev–Trinajstić information content (AvgIpc) is 3.70. The molecule has 180 valence electrons. The predicted molar refractivity (Wildman–Crippen MR) is 118 cm³/mol. The van der Waals surface area contributed by atoms with Crippen molar-refractivity contribution in [3.05, 3.63) is 47.8 Å². The molecule has 2 saturated carbocycles. The second-order valence-electron chi connectivity index (χ2n) is 9.10. The molecule has 0 spiro atoms. The summed E-state index contributed by atoms with van der Waals surface area (Å²) in [6.45, 7) is -1.63. The van der Waals surface area contributed by atoms with Gasteiger partial charge in [0.1, 0.15) is 22.9 Å². The molecule has 0 aliphatic heterocycles. The number of halogens is 2. The van der Waals surface area contributed by atoms with E-state index < -0.39 is 23.7 Å². The van der Waals surface area contributed by atoms with Crippen LogP contribution in [0.3, 0.4) is 0 Å². The standard InChI is InChI=1S/C24H25F2N3O5/c1-23(32,28-15-3-4-15)20-17(33-2)9-13(10-18(20)34-22(25)26)16-12-27-19-11-14(5-8-29(16)19)24(6-7-24)21(30)31/h5,8-12,15,22,28,32H,3-4,6-7H2,1-2H3,(H,30,31). The van der Waals surface area contributed by atoms with Crippen LogP contribution >= 0.6 is 0 Å². The topological polar surface area (TPSA) is 105 Å². The van der Waals surface area contributed by atoms with E-state index in [0.29, 0.717) is 35.3 Å². The number of hydrogen-bond acceptors (Lipinski definition) is 6. The molecular formula is C24H25F2N3O5. The van der Waals surface area contributed by atoms with Crippen molar-refractivity contribution < 1.29 is 33.3 Å². The number of pyridine rings is 1. The number of hydrogen-bond donors (Lipinski definition) is 3. The molecule has 10 heteroatoms.